The third-order valence-corrected chi connectivity index (χ3v) is 10.7. The van der Waals surface area contributed by atoms with Gasteiger partial charge in [-0.1, -0.05) is 31.2 Å². The number of nitrogens with zero attached hydrogens (tertiary/aromatic N) is 1. The predicted molar refractivity (Wildman–Crippen MR) is 164 cm³/mol. The summed E-state index contributed by atoms with van der Waals surface area (Å²) in [6.45, 7) is 10.9. The molecule has 2 fully saturated rings. The van der Waals surface area contributed by atoms with E-state index in [0.29, 0.717) is 22.8 Å². The highest BCUT2D eigenvalue weighted by molar-refractivity contribution is 8.00. The van der Waals surface area contributed by atoms with Crippen LogP contribution in [0.3, 0.4) is 0 Å². The molecule has 2 amide bonds. The lowest BCUT2D eigenvalue weighted by molar-refractivity contribution is -0.131. The van der Waals surface area contributed by atoms with Crippen molar-refractivity contribution >= 4 is 35.3 Å². The fourth-order valence-corrected chi connectivity index (χ4v) is 8.24. The van der Waals surface area contributed by atoms with Gasteiger partial charge in [0.05, 0.1) is 18.2 Å². The smallest absolute Gasteiger partial charge is 0.252 e. The number of rotatable bonds is 9. The maximum Gasteiger partial charge on any atom is 0.252 e. The molecular weight excluding hydrogens is 542 g/mol. The Morgan fingerprint density at radius 1 is 1.18 bits per heavy atom. The molecule has 7 nitrogen and oxygen atoms in total. The van der Waals surface area contributed by atoms with Crippen molar-refractivity contribution in [2.24, 2.45) is 5.92 Å². The Morgan fingerprint density at radius 3 is 2.60 bits per heavy atom. The number of phenols is 1. The number of nitrogens with one attached hydrogen (secondary N) is 2. The van der Waals surface area contributed by atoms with E-state index in [2.05, 4.69) is 22.5 Å². The highest BCUT2D eigenvalue weighted by atomic mass is 32.2. The number of aliphatic hydroxyl groups is 1. The Morgan fingerprint density at radius 2 is 1.90 bits per heavy atom. The lowest BCUT2D eigenvalue weighted by Crippen LogP contribution is -2.62. The van der Waals surface area contributed by atoms with Crippen LogP contribution >= 0.6 is 23.5 Å². The summed E-state index contributed by atoms with van der Waals surface area (Å²) in [6.07, 6.45) is 0.929. The van der Waals surface area contributed by atoms with E-state index in [1.54, 1.807) is 36.9 Å². The number of phenolic OH excluding ortho intramolecular Hbond substituents is 1. The molecule has 2 saturated heterocycles. The zero-order chi connectivity index (χ0) is 29.1. The van der Waals surface area contributed by atoms with E-state index in [9.17, 15) is 19.8 Å². The van der Waals surface area contributed by atoms with Crippen LogP contribution in [0.25, 0.3) is 0 Å². The maximum atomic E-state index is 13.5. The molecule has 0 spiro atoms. The summed E-state index contributed by atoms with van der Waals surface area (Å²) in [6, 6.07) is 13.8. The SMILES string of the molecule is Cc1c(O)cccc1C(=O)NC(CSc1ccccc1)C(O)CN1CC2CCSC2(C)C[C@H]1C(=O)NC(C)(C)C. The van der Waals surface area contributed by atoms with Crippen molar-refractivity contribution in [3.05, 3.63) is 59.7 Å². The molecule has 0 saturated carbocycles. The number of thioether (sulfide) groups is 2. The number of β-amino-alcohol motifs (C(OH)–C–C–N with tert-alkyl or cyclic N) is 1. The number of hydrogen-bond donors (Lipinski definition) is 4. The van der Waals surface area contributed by atoms with E-state index in [1.807, 2.05) is 62.9 Å². The fraction of sp³-hybridized carbons (Fsp3) is 0.548. The van der Waals surface area contributed by atoms with E-state index >= 15 is 0 Å². The van der Waals surface area contributed by atoms with Crippen LogP contribution in [0, 0.1) is 12.8 Å². The van der Waals surface area contributed by atoms with Gasteiger partial charge in [0.2, 0.25) is 5.91 Å². The van der Waals surface area contributed by atoms with Crippen molar-refractivity contribution in [3.63, 3.8) is 0 Å². The summed E-state index contributed by atoms with van der Waals surface area (Å²) in [5.74, 6) is 1.69. The highest BCUT2D eigenvalue weighted by Crippen LogP contribution is 2.49. The van der Waals surface area contributed by atoms with Crippen molar-refractivity contribution in [1.82, 2.24) is 15.5 Å². The first-order valence-electron chi connectivity index (χ1n) is 14.0. The monoisotopic (exact) mass is 585 g/mol. The van der Waals surface area contributed by atoms with E-state index in [-0.39, 0.29) is 40.4 Å². The van der Waals surface area contributed by atoms with Gasteiger partial charge >= 0.3 is 0 Å². The quantitative estimate of drug-likeness (QED) is 0.323. The summed E-state index contributed by atoms with van der Waals surface area (Å²) >= 11 is 3.53. The molecule has 4 rings (SSSR count). The molecule has 40 heavy (non-hydrogen) atoms. The van der Waals surface area contributed by atoms with Gasteiger partial charge in [0.1, 0.15) is 5.75 Å². The molecule has 0 aromatic heterocycles. The second-order valence-corrected chi connectivity index (χ2v) is 15.0. The Hall–Kier alpha value is -2.20. The first-order valence-corrected chi connectivity index (χ1v) is 16.0. The molecular formula is C31H43N3O4S2. The number of carbonyl (C=O) groups is 2. The number of piperidine rings is 1. The van der Waals surface area contributed by atoms with Crippen LogP contribution in [0.2, 0.25) is 0 Å². The zero-order valence-corrected chi connectivity index (χ0v) is 25.8. The van der Waals surface area contributed by atoms with Crippen LogP contribution in [-0.2, 0) is 4.79 Å². The van der Waals surface area contributed by atoms with Crippen molar-refractivity contribution < 1.29 is 19.8 Å². The molecule has 0 aliphatic carbocycles. The number of aromatic hydroxyl groups is 1. The molecule has 2 heterocycles. The van der Waals surface area contributed by atoms with Gasteiger partial charge < -0.3 is 20.8 Å². The molecule has 4 unspecified atom stereocenters. The summed E-state index contributed by atoms with van der Waals surface area (Å²) in [7, 11) is 0. The average molecular weight is 586 g/mol. The van der Waals surface area contributed by atoms with Gasteiger partial charge in [0.15, 0.2) is 0 Å². The normalized spacial score (nSPS) is 24.6. The molecule has 0 radical (unpaired) electrons. The maximum absolute atomic E-state index is 13.5. The Bertz CT molecular complexity index is 1190. The van der Waals surface area contributed by atoms with Gasteiger partial charge in [-0.05, 0) is 76.5 Å². The van der Waals surface area contributed by atoms with Crippen LogP contribution < -0.4 is 10.6 Å². The molecule has 2 aliphatic heterocycles. The molecule has 2 aromatic rings. The Kier molecular flexibility index (Phi) is 9.81. The van der Waals surface area contributed by atoms with E-state index < -0.39 is 12.1 Å². The predicted octanol–water partition coefficient (Wildman–Crippen LogP) is 4.45. The van der Waals surface area contributed by atoms with Gasteiger partial charge in [0.25, 0.3) is 5.91 Å². The molecule has 2 aromatic carbocycles. The number of likely N-dealkylation sites (tertiary alicyclic amines) is 1. The molecule has 5 atom stereocenters. The number of carbonyl (C=O) groups excluding carboxylic acids is 2. The lowest BCUT2D eigenvalue weighted by atomic mass is 9.80. The van der Waals surface area contributed by atoms with E-state index in [1.165, 1.54) is 0 Å². The summed E-state index contributed by atoms with van der Waals surface area (Å²) < 4.78 is 0.0466. The highest BCUT2D eigenvalue weighted by Gasteiger charge is 2.49. The van der Waals surface area contributed by atoms with Crippen LogP contribution in [0.5, 0.6) is 5.75 Å². The van der Waals surface area contributed by atoms with Crippen molar-refractivity contribution in [3.8, 4) is 5.75 Å². The Balaban J connectivity index is 1.55. The Labute approximate surface area is 246 Å². The van der Waals surface area contributed by atoms with Crippen molar-refractivity contribution in [2.45, 2.75) is 80.8 Å². The topological polar surface area (TPSA) is 102 Å². The number of amides is 2. The largest absolute Gasteiger partial charge is 0.508 e. The number of fused-ring (bicyclic) bond motifs is 1. The second-order valence-electron chi connectivity index (χ2n) is 12.3. The second kappa shape index (κ2) is 12.8. The standard InChI is InChI=1S/C31H43N3O4S2/c1-20-23(12-9-13-26(20)35)28(37)32-24(19-39-22-10-7-6-8-11-22)27(36)18-34-17-21-14-15-40-31(21,5)16-25(34)29(38)33-30(2,3)4/h6-13,21,24-25,27,35-36H,14-19H2,1-5H3,(H,32,37)(H,33,38)/t21?,24?,25-,27?,31?/m0/s1. The van der Waals surface area contributed by atoms with Gasteiger partial charge in [-0.15, -0.1) is 11.8 Å². The molecule has 4 N–H and O–H groups in total. The first-order chi connectivity index (χ1) is 18.9. The summed E-state index contributed by atoms with van der Waals surface area (Å²) in [5, 5.41) is 28.0. The molecule has 9 heteroatoms. The minimum absolute atomic E-state index is 0.0125. The van der Waals surface area contributed by atoms with Gasteiger partial charge in [-0.3, -0.25) is 14.5 Å². The number of benzene rings is 2. The van der Waals surface area contributed by atoms with Crippen LogP contribution in [0.1, 0.15) is 56.5 Å². The van der Waals surface area contributed by atoms with Gasteiger partial charge in [-0.25, -0.2) is 0 Å². The van der Waals surface area contributed by atoms with Gasteiger partial charge in [-0.2, -0.15) is 11.8 Å². The minimum atomic E-state index is -0.902. The van der Waals surface area contributed by atoms with Crippen LogP contribution in [0.4, 0.5) is 0 Å². The third-order valence-electron chi connectivity index (χ3n) is 7.98. The molecule has 218 valence electrons. The van der Waals surface area contributed by atoms with Crippen molar-refractivity contribution in [1.29, 1.82) is 0 Å². The van der Waals surface area contributed by atoms with Gasteiger partial charge in [0, 0.05) is 45.2 Å². The number of aliphatic hydroxyl groups excluding tert-OH is 1. The lowest BCUT2D eigenvalue weighted by Gasteiger charge is -2.47. The van der Waals surface area contributed by atoms with Crippen LogP contribution in [0.15, 0.2) is 53.4 Å². The van der Waals surface area contributed by atoms with E-state index in [4.69, 9.17) is 0 Å². The number of hydrogen-bond acceptors (Lipinski definition) is 7. The zero-order valence-electron chi connectivity index (χ0n) is 24.1. The van der Waals surface area contributed by atoms with Crippen LogP contribution in [-0.4, -0.2) is 80.0 Å². The first kappa shape index (κ1) is 30.8. The fourth-order valence-electron chi connectivity index (χ4n) is 5.64. The molecule has 0 bridgehead atoms. The summed E-state index contributed by atoms with van der Waals surface area (Å²) in [4.78, 5) is 30.0. The minimum Gasteiger partial charge on any atom is -0.508 e. The van der Waals surface area contributed by atoms with Crippen molar-refractivity contribution in [2.75, 3.05) is 24.6 Å². The molecule has 2 aliphatic rings. The van der Waals surface area contributed by atoms with E-state index in [0.717, 1.165) is 30.0 Å². The third kappa shape index (κ3) is 7.55. The average Bonchev–Trinajstić information content (AvgIpc) is 3.27. The summed E-state index contributed by atoms with van der Waals surface area (Å²) in [5.41, 5.74) is 0.516.